The van der Waals surface area contributed by atoms with E-state index < -0.39 is 10.0 Å². The number of fused-ring (bicyclic) bond motifs is 2. The number of anilines is 2. The summed E-state index contributed by atoms with van der Waals surface area (Å²) in [7, 11) is -3.33. The molecule has 1 amide bonds. The Morgan fingerprint density at radius 1 is 0.957 bits per heavy atom. The Labute approximate surface area is 133 Å². The number of aromatic nitrogens is 1. The highest BCUT2D eigenvalue weighted by molar-refractivity contribution is 7.92. The number of pyridine rings is 1. The smallest absolute Gasteiger partial charge is 0.229 e. The van der Waals surface area contributed by atoms with Gasteiger partial charge in [0.2, 0.25) is 15.9 Å². The molecule has 0 aliphatic heterocycles. The number of carbonyl (C=O) groups excluding carboxylic acids is 1. The standard InChI is InChI=1S/C16H15N3O3S/c1-10(20)17-13-5-3-11-7-12-4-6-14(19-23(2,21)22)9-16(12)18-15(11)8-13/h3-9,19H,1-2H3,(H,17,20). The van der Waals surface area contributed by atoms with Crippen LogP contribution in [0.15, 0.2) is 42.5 Å². The molecule has 0 aliphatic carbocycles. The van der Waals surface area contributed by atoms with Crippen LogP contribution < -0.4 is 10.0 Å². The molecule has 6 nitrogen and oxygen atoms in total. The minimum atomic E-state index is -3.33. The second-order valence-electron chi connectivity index (χ2n) is 5.36. The molecule has 3 aromatic rings. The van der Waals surface area contributed by atoms with Crippen LogP contribution in [0, 0.1) is 0 Å². The average molecular weight is 329 g/mol. The Kier molecular flexibility index (Phi) is 3.65. The van der Waals surface area contributed by atoms with Crippen molar-refractivity contribution >= 4 is 49.1 Å². The minimum Gasteiger partial charge on any atom is -0.326 e. The Morgan fingerprint density at radius 3 is 2.09 bits per heavy atom. The number of rotatable bonds is 3. The van der Waals surface area contributed by atoms with Crippen molar-refractivity contribution in [3.63, 3.8) is 0 Å². The predicted octanol–water partition coefficient (Wildman–Crippen LogP) is 2.72. The van der Waals surface area contributed by atoms with Crippen LogP contribution in [-0.4, -0.2) is 25.6 Å². The van der Waals surface area contributed by atoms with Gasteiger partial charge in [0.05, 0.1) is 23.0 Å². The highest BCUT2D eigenvalue weighted by atomic mass is 32.2. The number of hydrogen-bond acceptors (Lipinski definition) is 4. The molecular weight excluding hydrogens is 314 g/mol. The van der Waals surface area contributed by atoms with Crippen LogP contribution in [0.4, 0.5) is 11.4 Å². The van der Waals surface area contributed by atoms with Gasteiger partial charge >= 0.3 is 0 Å². The maximum absolute atomic E-state index is 11.3. The lowest BCUT2D eigenvalue weighted by molar-refractivity contribution is -0.114. The van der Waals surface area contributed by atoms with Gasteiger partial charge in [0.15, 0.2) is 0 Å². The third-order valence-corrected chi connectivity index (χ3v) is 3.84. The molecular formula is C16H15N3O3S. The number of benzene rings is 2. The summed E-state index contributed by atoms with van der Waals surface area (Å²) in [5, 5.41) is 4.56. The topological polar surface area (TPSA) is 88.2 Å². The number of hydrogen-bond donors (Lipinski definition) is 2. The number of nitrogens with one attached hydrogen (secondary N) is 2. The maximum atomic E-state index is 11.3. The van der Waals surface area contributed by atoms with Gasteiger partial charge in [0.25, 0.3) is 0 Å². The van der Waals surface area contributed by atoms with Crippen LogP contribution in [-0.2, 0) is 14.8 Å². The van der Waals surface area contributed by atoms with E-state index in [0.717, 1.165) is 22.5 Å². The fourth-order valence-electron chi connectivity index (χ4n) is 2.38. The van der Waals surface area contributed by atoms with E-state index in [-0.39, 0.29) is 5.91 Å². The summed E-state index contributed by atoms with van der Waals surface area (Å²) < 4.78 is 25.1. The number of carbonyl (C=O) groups is 1. The first-order valence-electron chi connectivity index (χ1n) is 6.90. The van der Waals surface area contributed by atoms with Crippen LogP contribution in [0.5, 0.6) is 0 Å². The first-order valence-corrected chi connectivity index (χ1v) is 8.79. The van der Waals surface area contributed by atoms with Gasteiger partial charge in [-0.3, -0.25) is 9.52 Å². The van der Waals surface area contributed by atoms with E-state index in [0.29, 0.717) is 16.9 Å². The SMILES string of the molecule is CC(=O)Nc1ccc2cc3ccc(NS(C)(=O)=O)cc3nc2c1. The van der Waals surface area contributed by atoms with Gasteiger partial charge in [-0.15, -0.1) is 0 Å². The summed E-state index contributed by atoms with van der Waals surface area (Å²) >= 11 is 0. The Bertz CT molecular complexity index is 1030. The quantitative estimate of drug-likeness (QED) is 0.723. The number of sulfonamides is 1. The summed E-state index contributed by atoms with van der Waals surface area (Å²) in [5.74, 6) is -0.148. The van der Waals surface area contributed by atoms with E-state index >= 15 is 0 Å². The molecule has 2 aromatic carbocycles. The van der Waals surface area contributed by atoms with Crippen LogP contribution in [0.25, 0.3) is 21.8 Å². The molecule has 0 atom stereocenters. The molecule has 3 rings (SSSR count). The van der Waals surface area contributed by atoms with Crippen molar-refractivity contribution in [3.8, 4) is 0 Å². The highest BCUT2D eigenvalue weighted by Crippen LogP contribution is 2.25. The molecule has 0 fully saturated rings. The van der Waals surface area contributed by atoms with Crippen LogP contribution in [0.2, 0.25) is 0 Å². The molecule has 1 heterocycles. The largest absolute Gasteiger partial charge is 0.326 e. The van der Waals surface area contributed by atoms with Crippen molar-refractivity contribution in [2.45, 2.75) is 6.92 Å². The first kappa shape index (κ1) is 15.2. The van der Waals surface area contributed by atoms with Crippen molar-refractivity contribution in [2.75, 3.05) is 16.3 Å². The predicted molar refractivity (Wildman–Crippen MR) is 92.0 cm³/mol. The van der Waals surface area contributed by atoms with Crippen molar-refractivity contribution in [2.24, 2.45) is 0 Å². The second kappa shape index (κ2) is 5.51. The Morgan fingerprint density at radius 2 is 1.52 bits per heavy atom. The molecule has 7 heteroatoms. The van der Waals surface area contributed by atoms with E-state index in [1.54, 1.807) is 18.2 Å². The minimum absolute atomic E-state index is 0.148. The normalized spacial score (nSPS) is 11.6. The summed E-state index contributed by atoms with van der Waals surface area (Å²) in [6, 6.07) is 12.7. The molecule has 2 N–H and O–H groups in total. The van der Waals surface area contributed by atoms with Crippen molar-refractivity contribution in [1.82, 2.24) is 4.98 Å². The van der Waals surface area contributed by atoms with Crippen LogP contribution >= 0.6 is 0 Å². The molecule has 23 heavy (non-hydrogen) atoms. The zero-order valence-electron chi connectivity index (χ0n) is 12.6. The van der Waals surface area contributed by atoms with Gasteiger partial charge in [-0.25, -0.2) is 13.4 Å². The molecule has 0 spiro atoms. The Balaban J connectivity index is 2.11. The van der Waals surface area contributed by atoms with Crippen molar-refractivity contribution in [1.29, 1.82) is 0 Å². The zero-order chi connectivity index (χ0) is 16.6. The molecule has 0 bridgehead atoms. The summed E-state index contributed by atoms with van der Waals surface area (Å²) in [4.78, 5) is 15.7. The lowest BCUT2D eigenvalue weighted by Gasteiger charge is -2.08. The van der Waals surface area contributed by atoms with Crippen molar-refractivity contribution in [3.05, 3.63) is 42.5 Å². The third kappa shape index (κ3) is 3.57. The monoisotopic (exact) mass is 329 g/mol. The molecule has 0 saturated heterocycles. The van der Waals surface area contributed by atoms with Gasteiger partial charge in [-0.2, -0.15) is 0 Å². The van der Waals surface area contributed by atoms with Crippen LogP contribution in [0.1, 0.15) is 6.92 Å². The summed E-state index contributed by atoms with van der Waals surface area (Å²) in [6.07, 6.45) is 1.10. The fourth-order valence-corrected chi connectivity index (χ4v) is 2.94. The molecule has 1 aromatic heterocycles. The summed E-state index contributed by atoms with van der Waals surface area (Å²) in [6.45, 7) is 1.45. The van der Waals surface area contributed by atoms with Crippen LogP contribution in [0.3, 0.4) is 0 Å². The third-order valence-electron chi connectivity index (χ3n) is 3.24. The first-order chi connectivity index (χ1) is 10.8. The van der Waals surface area contributed by atoms with E-state index in [1.165, 1.54) is 6.92 Å². The zero-order valence-corrected chi connectivity index (χ0v) is 13.4. The lowest BCUT2D eigenvalue weighted by Crippen LogP contribution is -2.09. The lowest BCUT2D eigenvalue weighted by atomic mass is 10.1. The van der Waals surface area contributed by atoms with Gasteiger partial charge < -0.3 is 5.32 Å². The number of amides is 1. The van der Waals surface area contributed by atoms with Gasteiger partial charge in [0, 0.05) is 23.4 Å². The Hall–Kier alpha value is -2.67. The van der Waals surface area contributed by atoms with Crippen molar-refractivity contribution < 1.29 is 13.2 Å². The van der Waals surface area contributed by atoms with Gasteiger partial charge in [-0.1, -0.05) is 12.1 Å². The molecule has 0 saturated carbocycles. The van der Waals surface area contributed by atoms with E-state index in [1.807, 2.05) is 24.3 Å². The molecule has 0 radical (unpaired) electrons. The maximum Gasteiger partial charge on any atom is 0.229 e. The van der Waals surface area contributed by atoms with E-state index in [2.05, 4.69) is 15.0 Å². The van der Waals surface area contributed by atoms with E-state index in [9.17, 15) is 13.2 Å². The fraction of sp³-hybridized carbons (Fsp3) is 0.125. The summed E-state index contributed by atoms with van der Waals surface area (Å²) in [5.41, 5.74) is 2.53. The molecule has 0 unspecified atom stereocenters. The molecule has 118 valence electrons. The highest BCUT2D eigenvalue weighted by Gasteiger charge is 2.06. The van der Waals surface area contributed by atoms with Gasteiger partial charge in [0.1, 0.15) is 0 Å². The van der Waals surface area contributed by atoms with E-state index in [4.69, 9.17) is 0 Å². The van der Waals surface area contributed by atoms with Gasteiger partial charge in [-0.05, 0) is 30.3 Å². The average Bonchev–Trinajstić information content (AvgIpc) is 2.42. The molecule has 0 aliphatic rings. The second-order valence-corrected chi connectivity index (χ2v) is 7.11. The number of nitrogens with zero attached hydrogens (tertiary/aromatic N) is 1.